The Labute approximate surface area is 96.1 Å². The number of hydrogen-bond acceptors (Lipinski definition) is 4. The zero-order chi connectivity index (χ0) is 13.9. The van der Waals surface area contributed by atoms with Crippen molar-refractivity contribution in [2.24, 2.45) is 5.92 Å². The lowest BCUT2D eigenvalue weighted by molar-refractivity contribution is -0.201. The first kappa shape index (κ1) is 15.6. The molecule has 0 bridgehead atoms. The molecular formula is C10H13F3O4. The zero-order valence-electron chi connectivity index (χ0n) is 9.37. The van der Waals surface area contributed by atoms with Gasteiger partial charge in [-0.05, 0) is 6.92 Å². The molecule has 0 saturated heterocycles. The highest BCUT2D eigenvalue weighted by Gasteiger charge is 2.47. The molecule has 0 rings (SSSR count). The molecular weight excluding hydrogens is 241 g/mol. The maximum absolute atomic E-state index is 11.8. The van der Waals surface area contributed by atoms with Crippen LogP contribution in [0.5, 0.6) is 0 Å². The second-order valence-corrected chi connectivity index (χ2v) is 3.54. The third-order valence-corrected chi connectivity index (χ3v) is 2.23. The molecule has 0 radical (unpaired) electrons. The summed E-state index contributed by atoms with van der Waals surface area (Å²) in [6.45, 7) is 3.55. The summed E-state index contributed by atoms with van der Waals surface area (Å²) in [6, 6.07) is 0. The molecule has 7 heteroatoms. The average molecular weight is 254 g/mol. The molecule has 0 aliphatic heterocycles. The molecule has 0 aromatic carbocycles. The van der Waals surface area contributed by atoms with Crippen LogP contribution in [0.15, 0.2) is 12.7 Å². The second kappa shape index (κ2) is 5.31. The van der Waals surface area contributed by atoms with Gasteiger partial charge in [-0.3, -0.25) is 4.79 Å². The third-order valence-electron chi connectivity index (χ3n) is 2.23. The predicted octanol–water partition coefficient (Wildman–Crippen LogP) is 1.23. The van der Waals surface area contributed by atoms with Crippen LogP contribution in [0.25, 0.3) is 0 Å². The number of hydrogen-bond donors (Lipinski definition) is 1. The zero-order valence-corrected chi connectivity index (χ0v) is 9.37. The fourth-order valence-corrected chi connectivity index (χ4v) is 1.08. The largest absolute Gasteiger partial charge is 0.454 e. The molecule has 4 nitrogen and oxygen atoms in total. The molecule has 2 atom stereocenters. The van der Waals surface area contributed by atoms with Gasteiger partial charge in [0.15, 0.2) is 12.4 Å². The number of rotatable bonds is 5. The van der Waals surface area contributed by atoms with Gasteiger partial charge in [0, 0.05) is 5.92 Å². The number of esters is 1. The lowest BCUT2D eigenvalue weighted by atomic mass is 9.85. The predicted molar refractivity (Wildman–Crippen MR) is 52.0 cm³/mol. The summed E-state index contributed by atoms with van der Waals surface area (Å²) in [5.74, 6) is -3.69. The Morgan fingerprint density at radius 2 is 1.94 bits per heavy atom. The molecule has 0 unspecified atom stereocenters. The highest BCUT2D eigenvalue weighted by atomic mass is 19.4. The van der Waals surface area contributed by atoms with Crippen LogP contribution in [0.2, 0.25) is 0 Å². The van der Waals surface area contributed by atoms with Crippen LogP contribution < -0.4 is 0 Å². The molecule has 0 amide bonds. The van der Waals surface area contributed by atoms with Gasteiger partial charge in [-0.25, -0.2) is 4.79 Å². The van der Waals surface area contributed by atoms with E-state index < -0.39 is 36.1 Å². The molecule has 17 heavy (non-hydrogen) atoms. The molecule has 98 valence electrons. The first-order valence-corrected chi connectivity index (χ1v) is 4.65. The van der Waals surface area contributed by atoms with E-state index >= 15 is 0 Å². The van der Waals surface area contributed by atoms with E-state index in [4.69, 9.17) is 0 Å². The Bertz CT molecular complexity index is 324. The maximum atomic E-state index is 11.8. The van der Waals surface area contributed by atoms with Crippen LogP contribution in [0.4, 0.5) is 13.2 Å². The van der Waals surface area contributed by atoms with Gasteiger partial charge in [0.2, 0.25) is 5.60 Å². The minimum absolute atomic E-state index is 0.884. The van der Waals surface area contributed by atoms with E-state index in [2.05, 4.69) is 11.3 Å². The summed E-state index contributed by atoms with van der Waals surface area (Å²) in [7, 11) is 0. The summed E-state index contributed by atoms with van der Waals surface area (Å²) in [6.07, 6.45) is -3.64. The fraction of sp³-hybridized carbons (Fsp3) is 0.600. The number of ketones is 1. The van der Waals surface area contributed by atoms with Crippen molar-refractivity contribution in [3.63, 3.8) is 0 Å². The molecule has 0 fully saturated rings. The number of Topliss-reactive ketones (excluding diaryl/α,β-unsaturated/α-hetero) is 1. The van der Waals surface area contributed by atoms with E-state index in [1.54, 1.807) is 0 Å². The average Bonchev–Trinajstić information content (AvgIpc) is 2.21. The summed E-state index contributed by atoms with van der Waals surface area (Å²) < 4.78 is 39.3. The minimum atomic E-state index is -4.72. The summed E-state index contributed by atoms with van der Waals surface area (Å²) in [5, 5.41) is 9.76. The van der Waals surface area contributed by atoms with Gasteiger partial charge >= 0.3 is 12.1 Å². The Morgan fingerprint density at radius 1 is 1.47 bits per heavy atom. The van der Waals surface area contributed by atoms with Crippen molar-refractivity contribution < 1.29 is 32.6 Å². The van der Waals surface area contributed by atoms with Gasteiger partial charge in [0.25, 0.3) is 0 Å². The second-order valence-electron chi connectivity index (χ2n) is 3.54. The van der Waals surface area contributed by atoms with E-state index in [9.17, 15) is 27.9 Å². The standard InChI is InChI=1S/C10H13F3O4/c1-4-6(2)10(16,7(3)14)8(15)17-5-9(11,12)13/h4,6,16H,1,5H2,2-3H3/t6-,10+/m1/s1. The topological polar surface area (TPSA) is 63.6 Å². The Balaban J connectivity index is 4.91. The van der Waals surface area contributed by atoms with Crippen LogP contribution in [0.3, 0.4) is 0 Å². The Morgan fingerprint density at radius 3 is 2.24 bits per heavy atom. The van der Waals surface area contributed by atoms with Gasteiger partial charge in [-0.1, -0.05) is 13.0 Å². The number of aliphatic hydroxyl groups is 1. The number of alkyl halides is 3. The molecule has 0 heterocycles. The van der Waals surface area contributed by atoms with E-state index in [0.717, 1.165) is 13.0 Å². The summed E-state index contributed by atoms with van der Waals surface area (Å²) in [4.78, 5) is 22.5. The van der Waals surface area contributed by atoms with Crippen LogP contribution in [-0.2, 0) is 14.3 Å². The number of carbonyl (C=O) groups excluding carboxylic acids is 2. The van der Waals surface area contributed by atoms with Crippen molar-refractivity contribution in [2.45, 2.75) is 25.6 Å². The SMILES string of the molecule is C=C[C@@H](C)[C@](O)(C(C)=O)C(=O)OCC(F)(F)F. The van der Waals surface area contributed by atoms with Gasteiger partial charge in [0.1, 0.15) is 0 Å². The van der Waals surface area contributed by atoms with Crippen molar-refractivity contribution in [2.75, 3.05) is 6.61 Å². The third kappa shape index (κ3) is 3.85. The Kier molecular flexibility index (Phi) is 4.88. The summed E-state index contributed by atoms with van der Waals surface area (Å²) >= 11 is 0. The number of ether oxygens (including phenoxy) is 1. The highest BCUT2D eigenvalue weighted by Crippen LogP contribution is 2.23. The van der Waals surface area contributed by atoms with E-state index in [1.165, 1.54) is 6.92 Å². The van der Waals surface area contributed by atoms with Gasteiger partial charge in [-0.15, -0.1) is 6.58 Å². The van der Waals surface area contributed by atoms with Gasteiger partial charge in [-0.2, -0.15) is 13.2 Å². The number of carbonyl (C=O) groups is 2. The lowest BCUT2D eigenvalue weighted by Crippen LogP contribution is -2.51. The Hall–Kier alpha value is -1.37. The molecule has 0 aliphatic rings. The quantitative estimate of drug-likeness (QED) is 0.455. The molecule has 0 spiro atoms. The van der Waals surface area contributed by atoms with Gasteiger partial charge < -0.3 is 9.84 Å². The van der Waals surface area contributed by atoms with E-state index in [1.807, 2.05) is 0 Å². The molecule has 0 aliphatic carbocycles. The smallest absolute Gasteiger partial charge is 0.422 e. The van der Waals surface area contributed by atoms with E-state index in [0.29, 0.717) is 0 Å². The van der Waals surface area contributed by atoms with Crippen molar-refractivity contribution >= 4 is 11.8 Å². The van der Waals surface area contributed by atoms with Crippen molar-refractivity contribution in [1.82, 2.24) is 0 Å². The first-order valence-electron chi connectivity index (χ1n) is 4.65. The maximum Gasteiger partial charge on any atom is 0.422 e. The minimum Gasteiger partial charge on any atom is -0.454 e. The van der Waals surface area contributed by atoms with Gasteiger partial charge in [0.05, 0.1) is 0 Å². The van der Waals surface area contributed by atoms with Crippen LogP contribution in [-0.4, -0.2) is 35.2 Å². The van der Waals surface area contributed by atoms with Crippen molar-refractivity contribution in [1.29, 1.82) is 0 Å². The van der Waals surface area contributed by atoms with Crippen molar-refractivity contribution in [3.05, 3.63) is 12.7 Å². The van der Waals surface area contributed by atoms with Crippen molar-refractivity contribution in [3.8, 4) is 0 Å². The normalized spacial score (nSPS) is 16.8. The molecule has 1 N–H and O–H groups in total. The molecule has 0 saturated carbocycles. The highest BCUT2D eigenvalue weighted by molar-refractivity contribution is 6.06. The first-order chi connectivity index (χ1) is 7.55. The molecule has 0 aromatic heterocycles. The van der Waals surface area contributed by atoms with E-state index in [-0.39, 0.29) is 0 Å². The molecule has 0 aromatic rings. The fourth-order valence-electron chi connectivity index (χ4n) is 1.08. The lowest BCUT2D eigenvalue weighted by Gasteiger charge is -2.27. The van der Waals surface area contributed by atoms with Crippen LogP contribution in [0, 0.1) is 5.92 Å². The monoisotopic (exact) mass is 254 g/mol. The summed E-state index contributed by atoms with van der Waals surface area (Å²) in [5.41, 5.74) is -2.63. The van der Waals surface area contributed by atoms with Crippen LogP contribution >= 0.6 is 0 Å². The van der Waals surface area contributed by atoms with Crippen LogP contribution in [0.1, 0.15) is 13.8 Å². The number of halogens is 3.